The van der Waals surface area contributed by atoms with Gasteiger partial charge in [-0.05, 0) is 0 Å². The molecular weight excluding hydrogens is 330 g/mol. The first kappa shape index (κ1) is 14.9. The lowest BCUT2D eigenvalue weighted by molar-refractivity contribution is 0.579. The van der Waals surface area contributed by atoms with Gasteiger partial charge in [-0.2, -0.15) is 0 Å². The third-order valence-corrected chi connectivity index (χ3v) is 6.30. The second kappa shape index (κ2) is 5.88. The third kappa shape index (κ3) is 3.16. The number of hydrogen-bond acceptors (Lipinski definition) is 5. The van der Waals surface area contributed by atoms with E-state index in [9.17, 15) is 12.6 Å². The Hall–Kier alpha value is -0.480. The molecule has 0 aliphatic carbocycles. The Morgan fingerprint density at radius 2 is 2.32 bits per heavy atom. The van der Waals surface area contributed by atoms with Gasteiger partial charge in [-0.15, -0.1) is 11.3 Å². The maximum absolute atomic E-state index is 12.1. The van der Waals surface area contributed by atoms with Gasteiger partial charge in [0.25, 0.3) is 10.0 Å². The van der Waals surface area contributed by atoms with Crippen LogP contribution < -0.4 is 4.72 Å². The minimum absolute atomic E-state index is 0.0593. The highest BCUT2D eigenvalue weighted by Crippen LogP contribution is 2.24. The van der Waals surface area contributed by atoms with E-state index in [0.717, 1.165) is 0 Å². The Bertz CT molecular complexity index is 707. The molecule has 0 bridgehead atoms. The Balaban J connectivity index is 2.22. The van der Waals surface area contributed by atoms with Crippen LogP contribution in [0.1, 0.15) is 6.92 Å². The quantitative estimate of drug-likeness (QED) is 0.853. The van der Waals surface area contributed by atoms with Gasteiger partial charge in [-0.3, -0.25) is 8.61 Å². The van der Waals surface area contributed by atoms with Crippen LogP contribution in [0.5, 0.6) is 0 Å². The zero-order chi connectivity index (χ0) is 14.0. The molecule has 6 nitrogen and oxygen atoms in total. The largest absolute Gasteiger partial charge is 0.279 e. The van der Waals surface area contributed by atoms with E-state index in [2.05, 4.69) is 9.71 Å². The summed E-state index contributed by atoms with van der Waals surface area (Å²) in [6, 6.07) is 0. The van der Waals surface area contributed by atoms with Gasteiger partial charge in [0.05, 0.1) is 0 Å². The lowest BCUT2D eigenvalue weighted by Crippen LogP contribution is -2.29. The molecule has 0 aliphatic rings. The molecule has 0 saturated carbocycles. The number of sulfonamides is 1. The second-order valence-electron chi connectivity index (χ2n) is 3.59. The molecule has 10 heteroatoms. The number of fused-ring (bicyclic) bond motifs is 1. The van der Waals surface area contributed by atoms with Crippen molar-refractivity contribution in [3.05, 3.63) is 16.7 Å². The van der Waals surface area contributed by atoms with Crippen LogP contribution in [0.4, 0.5) is 0 Å². The van der Waals surface area contributed by atoms with Gasteiger partial charge in [-0.1, -0.05) is 18.5 Å². The smallest absolute Gasteiger partial charge is 0.259 e. The predicted molar refractivity (Wildman–Crippen MR) is 76.8 cm³/mol. The standard InChI is InChI=1S/C9H12ClN3O3S3/c1-2-18(14)6-3-11-19(15,16)8-7(10)12-9-13(8)4-5-17-9/h4-5,11H,2-3,6H2,1H3. The van der Waals surface area contributed by atoms with Crippen LogP contribution >= 0.6 is 22.9 Å². The monoisotopic (exact) mass is 341 g/mol. The van der Waals surface area contributed by atoms with Crippen LogP contribution in [0.25, 0.3) is 4.96 Å². The van der Waals surface area contributed by atoms with Crippen molar-refractivity contribution >= 4 is 48.7 Å². The van der Waals surface area contributed by atoms with Crippen LogP contribution in [0, 0.1) is 0 Å². The predicted octanol–water partition coefficient (Wildman–Crippen LogP) is 1.10. The molecule has 1 atom stereocenters. The molecule has 0 aromatic carbocycles. The molecule has 1 unspecified atom stereocenters. The summed E-state index contributed by atoms with van der Waals surface area (Å²) in [5.41, 5.74) is 0. The first-order chi connectivity index (χ1) is 8.95. The van der Waals surface area contributed by atoms with Gasteiger partial charge in [-0.25, -0.2) is 18.1 Å². The maximum Gasteiger partial charge on any atom is 0.259 e. The van der Waals surface area contributed by atoms with Crippen molar-refractivity contribution in [2.24, 2.45) is 0 Å². The third-order valence-electron chi connectivity index (χ3n) is 2.38. The molecule has 2 aromatic rings. The van der Waals surface area contributed by atoms with Crippen molar-refractivity contribution in [3.8, 4) is 0 Å². The summed E-state index contributed by atoms with van der Waals surface area (Å²) in [6.45, 7) is 1.89. The lowest BCUT2D eigenvalue weighted by atomic mass is 10.8. The van der Waals surface area contributed by atoms with Gasteiger partial charge in [0.2, 0.25) is 0 Å². The van der Waals surface area contributed by atoms with Gasteiger partial charge in [0, 0.05) is 40.4 Å². The normalized spacial score (nSPS) is 14.0. The lowest BCUT2D eigenvalue weighted by Gasteiger charge is -2.05. The number of halogens is 1. The fourth-order valence-corrected chi connectivity index (χ4v) is 4.71. The summed E-state index contributed by atoms with van der Waals surface area (Å²) < 4.78 is 39.4. The van der Waals surface area contributed by atoms with Gasteiger partial charge >= 0.3 is 0 Å². The highest BCUT2D eigenvalue weighted by molar-refractivity contribution is 7.89. The SMILES string of the molecule is CCS(=O)CCNS(=O)(=O)c1c(Cl)nc2sccn12. The van der Waals surface area contributed by atoms with Crippen LogP contribution in [0.3, 0.4) is 0 Å². The van der Waals surface area contributed by atoms with E-state index in [1.54, 1.807) is 18.5 Å². The molecule has 0 amide bonds. The van der Waals surface area contributed by atoms with E-state index in [0.29, 0.717) is 10.7 Å². The number of nitrogens with zero attached hydrogens (tertiary/aromatic N) is 2. The summed E-state index contributed by atoms with van der Waals surface area (Å²) >= 11 is 7.16. The van der Waals surface area contributed by atoms with E-state index in [4.69, 9.17) is 11.6 Å². The average molecular weight is 342 g/mol. The van der Waals surface area contributed by atoms with Crippen molar-refractivity contribution in [1.29, 1.82) is 0 Å². The molecule has 2 heterocycles. The zero-order valence-electron chi connectivity index (χ0n) is 10.00. The van der Waals surface area contributed by atoms with Gasteiger partial charge in [0.1, 0.15) is 0 Å². The van der Waals surface area contributed by atoms with Crippen molar-refractivity contribution in [3.63, 3.8) is 0 Å². The minimum Gasteiger partial charge on any atom is -0.279 e. The van der Waals surface area contributed by atoms with E-state index in [1.165, 1.54) is 15.7 Å². The number of imidazole rings is 1. The van der Waals surface area contributed by atoms with Crippen molar-refractivity contribution in [2.45, 2.75) is 11.9 Å². The average Bonchev–Trinajstić information content (AvgIpc) is 2.87. The van der Waals surface area contributed by atoms with Crippen LogP contribution in [0.2, 0.25) is 5.15 Å². The molecule has 2 aromatic heterocycles. The summed E-state index contributed by atoms with van der Waals surface area (Å²) in [5.74, 6) is 0.781. The minimum atomic E-state index is -3.76. The molecule has 0 spiro atoms. The summed E-state index contributed by atoms with van der Waals surface area (Å²) in [6.07, 6.45) is 1.59. The topological polar surface area (TPSA) is 80.5 Å². The van der Waals surface area contributed by atoms with E-state index in [1.807, 2.05) is 0 Å². The Labute approximate surface area is 122 Å². The second-order valence-corrected chi connectivity index (χ2v) is 8.37. The summed E-state index contributed by atoms with van der Waals surface area (Å²) in [5, 5.41) is 1.59. The summed E-state index contributed by atoms with van der Waals surface area (Å²) in [7, 11) is -4.77. The molecule has 19 heavy (non-hydrogen) atoms. The van der Waals surface area contributed by atoms with E-state index >= 15 is 0 Å². The summed E-state index contributed by atoms with van der Waals surface area (Å²) in [4.78, 5) is 4.48. The van der Waals surface area contributed by atoms with Gasteiger partial charge in [0.15, 0.2) is 15.1 Å². The maximum atomic E-state index is 12.1. The number of thiazole rings is 1. The number of rotatable bonds is 6. The van der Waals surface area contributed by atoms with Crippen LogP contribution in [-0.4, -0.2) is 40.1 Å². The Kier molecular flexibility index (Phi) is 4.62. The van der Waals surface area contributed by atoms with Gasteiger partial charge < -0.3 is 0 Å². The number of hydrogen-bond donors (Lipinski definition) is 1. The number of nitrogens with one attached hydrogen (secondary N) is 1. The highest BCUT2D eigenvalue weighted by Gasteiger charge is 2.24. The molecule has 106 valence electrons. The first-order valence-electron chi connectivity index (χ1n) is 5.41. The zero-order valence-corrected chi connectivity index (χ0v) is 13.2. The van der Waals surface area contributed by atoms with E-state index in [-0.39, 0.29) is 22.5 Å². The molecule has 0 radical (unpaired) electrons. The van der Waals surface area contributed by atoms with E-state index < -0.39 is 20.8 Å². The van der Waals surface area contributed by atoms with Crippen molar-refractivity contribution in [2.75, 3.05) is 18.1 Å². The molecule has 2 rings (SSSR count). The van der Waals surface area contributed by atoms with Crippen LogP contribution in [0.15, 0.2) is 16.6 Å². The van der Waals surface area contributed by atoms with Crippen molar-refractivity contribution in [1.82, 2.24) is 14.1 Å². The fourth-order valence-electron chi connectivity index (χ4n) is 1.48. The fraction of sp³-hybridized carbons (Fsp3) is 0.444. The molecule has 0 saturated heterocycles. The highest BCUT2D eigenvalue weighted by atomic mass is 35.5. The number of aromatic nitrogens is 2. The molecule has 0 fully saturated rings. The Morgan fingerprint density at radius 1 is 1.58 bits per heavy atom. The van der Waals surface area contributed by atoms with Crippen LogP contribution in [-0.2, 0) is 20.8 Å². The molecule has 0 aliphatic heterocycles. The first-order valence-corrected chi connectivity index (χ1v) is 9.64. The molecular formula is C9H12ClN3O3S3. The Morgan fingerprint density at radius 3 is 3.00 bits per heavy atom. The van der Waals surface area contributed by atoms with Crippen molar-refractivity contribution < 1.29 is 12.6 Å². The molecule has 1 N–H and O–H groups in total.